The molecule has 6 unspecified atom stereocenters. The van der Waals surface area contributed by atoms with Gasteiger partial charge in [0, 0.05) is 35.4 Å². The summed E-state index contributed by atoms with van der Waals surface area (Å²) in [5.74, 6) is 3.91. The average molecular weight is 2260 g/mol. The molecule has 11 aromatic carbocycles. The first-order valence-electron chi connectivity index (χ1n) is 47.2. The maximum Gasteiger partial charge on any atom is 0.430 e. The molecule has 0 fully saturated rings. The normalized spacial score (nSPS) is 13.2. The van der Waals surface area contributed by atoms with Gasteiger partial charge in [0.15, 0.2) is 0 Å². The van der Waals surface area contributed by atoms with Gasteiger partial charge >= 0.3 is 53.2 Å². The molecule has 0 saturated heterocycles. The number of benzene rings is 11. The fraction of sp³-hybridized carbons (Fsp3) is 0.353. The summed E-state index contributed by atoms with van der Waals surface area (Å²) in [6.07, 6.45) is 15.5. The Kier molecular flexibility index (Phi) is 58.2. The Morgan fingerprint density at radius 2 is 0.503 bits per heavy atom. The van der Waals surface area contributed by atoms with E-state index < -0.39 is 67.9 Å². The topological polar surface area (TPSA) is 378 Å². The molecule has 43 heteroatoms. The molecule has 790 valence electrons. The summed E-state index contributed by atoms with van der Waals surface area (Å²) in [5.41, 5.74) is 1.81. The second-order valence-corrected chi connectivity index (χ2v) is 49.4. The van der Waals surface area contributed by atoms with Gasteiger partial charge in [0.25, 0.3) is 17.1 Å². The zero-order chi connectivity index (χ0) is 107. The van der Waals surface area contributed by atoms with Crippen LogP contribution in [0.15, 0.2) is 267 Å². The van der Waals surface area contributed by atoms with E-state index in [0.29, 0.717) is 120 Å². The van der Waals surface area contributed by atoms with Crippen molar-refractivity contribution in [3.8, 4) is 63.2 Å². The van der Waals surface area contributed by atoms with E-state index in [2.05, 4.69) is 27.7 Å². The minimum atomic E-state index is -3.44. The summed E-state index contributed by atoms with van der Waals surface area (Å²) in [7, 11) is -22.9. The smallest absolute Gasteiger partial charge is 0.424 e. The van der Waals surface area contributed by atoms with Gasteiger partial charge in [-0.2, -0.15) is 0 Å². The summed E-state index contributed by atoms with van der Waals surface area (Å²) in [4.78, 5) is 30.3. The van der Waals surface area contributed by atoms with Crippen LogP contribution in [0.2, 0.25) is 30.1 Å². The van der Waals surface area contributed by atoms with Gasteiger partial charge in [-0.1, -0.05) is 299 Å². The van der Waals surface area contributed by atoms with Crippen LogP contribution in [0, 0.1) is 44.2 Å². The predicted molar refractivity (Wildman–Crippen MR) is 584 cm³/mol. The largest absolute Gasteiger partial charge is 0.430 e. The summed E-state index contributed by atoms with van der Waals surface area (Å²) >= 11 is 36.1. The van der Waals surface area contributed by atoms with E-state index in [0.717, 1.165) is 101 Å². The van der Waals surface area contributed by atoms with Gasteiger partial charge in [-0.25, -0.2) is 32.0 Å². The van der Waals surface area contributed by atoms with Crippen LogP contribution in [-0.2, 0) is 45.5 Å². The van der Waals surface area contributed by atoms with Gasteiger partial charge in [-0.05, 0) is 185 Å². The standard InChI is InChI=1S/C18H21Cl2O3P.C16H26ClO3P.2C15H16NO5P.C14H13Cl2O3P.C12H18ClO3P.C12H18NO5P/c1-2-3-4-7-13-24(21,22-16-10-8-9-15(19)14-16)23-18-12-6-5-11-17(18)20;1-3-5-7-10-14-21(18,19-13-6-4-2)20-16-12-9-8-11-15(16)17;1-3-22(19,20-14-8-4-12(2)5-9-14)21-15-10-6-13(7-11-15)16(17)18;1-3-22(19,20-14-8-4-6-12(2)10-14)21-15-9-5-7-13(11-15)16(17)18;1-2-20(17,18-13-9-5-3-7-11(13)15)19-14-10-6-4-8-12(14)16;1-3-5-10-15-17(14,4-2)16-12-9-7-6-8-11(12)13;1-3-5-10-17-19(16,4-2)18-12-8-6-11(7-9-12)13(14)15/h5-6,8-12,14H,2-4,7,13H2,1H3;8-9,11-12H,3-7,10,13-14H2,1-2H3;2*4-11H,3H2,1-2H3;3-10H,2H2,1H3;6-9H,3-5,10H2,1-2H3;6-9H,3-5,10H2,1-2H3. The molecule has 0 bridgehead atoms. The molecule has 145 heavy (non-hydrogen) atoms. The molecule has 0 radical (unpaired) electrons. The molecule has 11 rings (SSSR count). The number of nitro benzene ring substituents is 3. The van der Waals surface area contributed by atoms with Gasteiger partial charge in [0.05, 0.1) is 109 Å². The van der Waals surface area contributed by atoms with Gasteiger partial charge < -0.3 is 49.8 Å². The third-order valence-corrected chi connectivity index (χ3v) is 34.1. The molecule has 0 aliphatic rings. The minimum Gasteiger partial charge on any atom is -0.424 e. The van der Waals surface area contributed by atoms with Crippen LogP contribution in [-0.4, -0.2) is 77.7 Å². The van der Waals surface area contributed by atoms with Crippen LogP contribution < -0.4 is 49.8 Å². The molecular weight excluding hydrogens is 2130 g/mol. The monoisotopic (exact) mass is 2250 g/mol. The van der Waals surface area contributed by atoms with Gasteiger partial charge in [0.1, 0.15) is 63.2 Å². The molecule has 11 aromatic rings. The number of halogens is 6. The Labute approximate surface area is 881 Å². The Balaban J connectivity index is 0.000000298. The molecule has 30 nitrogen and oxygen atoms in total. The first kappa shape index (κ1) is 126. The van der Waals surface area contributed by atoms with Crippen molar-refractivity contribution < 1.29 is 110 Å². The Morgan fingerprint density at radius 3 is 0.841 bits per heavy atom. The number of nitro groups is 3. The van der Waals surface area contributed by atoms with Crippen LogP contribution in [0.5, 0.6) is 63.2 Å². The van der Waals surface area contributed by atoms with Gasteiger partial charge in [0.2, 0.25) is 0 Å². The molecule has 0 saturated carbocycles. The minimum absolute atomic E-state index is 0.0365. The van der Waals surface area contributed by atoms with E-state index in [1.54, 1.807) is 198 Å². The molecule has 0 spiro atoms. The summed E-state index contributed by atoms with van der Waals surface area (Å²) < 4.78 is 166. The highest BCUT2D eigenvalue weighted by Gasteiger charge is 2.34. The van der Waals surface area contributed by atoms with Crippen molar-refractivity contribution in [1.29, 1.82) is 0 Å². The number of aryl methyl sites for hydroxylation is 2. The van der Waals surface area contributed by atoms with E-state index in [-0.39, 0.29) is 53.2 Å². The molecule has 6 atom stereocenters. The van der Waals surface area contributed by atoms with Crippen molar-refractivity contribution in [3.63, 3.8) is 0 Å². The Morgan fingerprint density at radius 1 is 0.234 bits per heavy atom. The first-order chi connectivity index (χ1) is 69.1. The Bertz CT molecular complexity index is 6080. The van der Waals surface area contributed by atoms with E-state index in [9.17, 15) is 62.3 Å². The third kappa shape index (κ3) is 49.1. The van der Waals surface area contributed by atoms with Crippen molar-refractivity contribution in [2.75, 3.05) is 63.0 Å². The molecule has 0 aromatic heterocycles. The van der Waals surface area contributed by atoms with Gasteiger partial charge in [-0.15, -0.1) is 0 Å². The lowest BCUT2D eigenvalue weighted by atomic mass is 10.2. The van der Waals surface area contributed by atoms with Crippen LogP contribution in [0.3, 0.4) is 0 Å². The lowest BCUT2D eigenvalue weighted by Gasteiger charge is -2.20. The van der Waals surface area contributed by atoms with Crippen LogP contribution in [0.4, 0.5) is 17.1 Å². The molecule has 0 amide bonds. The van der Waals surface area contributed by atoms with E-state index in [1.165, 1.54) is 72.8 Å². The van der Waals surface area contributed by atoms with Gasteiger partial charge in [-0.3, -0.25) is 43.9 Å². The number of nitrogens with zero attached hydrogens (tertiary/aromatic N) is 3. The highest BCUT2D eigenvalue weighted by atomic mass is 35.5. The van der Waals surface area contributed by atoms with Crippen LogP contribution in [0.25, 0.3) is 0 Å². The molecule has 0 N–H and O–H groups in total. The number of non-ortho nitro benzene ring substituents is 3. The number of rotatable bonds is 52. The lowest BCUT2D eigenvalue weighted by Crippen LogP contribution is -2.06. The highest BCUT2D eigenvalue weighted by molar-refractivity contribution is 7.56. The molecule has 0 heterocycles. The number of para-hydroxylation sites is 5. The van der Waals surface area contributed by atoms with E-state index >= 15 is 0 Å². The second kappa shape index (κ2) is 66.9. The van der Waals surface area contributed by atoms with E-state index in [4.69, 9.17) is 133 Å². The fourth-order valence-corrected chi connectivity index (χ4v) is 22.4. The fourth-order valence-electron chi connectivity index (χ4n) is 11.6. The summed E-state index contributed by atoms with van der Waals surface area (Å²) in [6.45, 7) is 24.1. The SMILES string of the molecule is CCCCCCP(=O)(OCCCC)Oc1ccccc1Cl.CCCCCCP(=O)(Oc1cccc(Cl)c1)Oc1ccccc1Cl.CCCCOP(=O)(CC)Oc1ccc([N+](=O)[O-])cc1.CCCCOP(=O)(CC)Oc1ccccc1Cl.CCP(=O)(Oc1ccc(C)cc1)Oc1ccc([N+](=O)[O-])cc1.CCP(=O)(Oc1cccc(C)c1)Oc1cccc([N+](=O)[O-])c1.CCP(=O)(Oc1ccccc1Cl)Oc1ccccc1Cl. The third-order valence-electron chi connectivity index (χ3n) is 19.6. The van der Waals surface area contributed by atoms with Crippen molar-refractivity contribution in [2.45, 2.75) is 173 Å². The van der Waals surface area contributed by atoms with Crippen LogP contribution in [0.1, 0.15) is 170 Å². The Hall–Kier alpha value is -9.35. The number of unbranched alkanes of at least 4 members (excludes halogenated alkanes) is 9. The average Bonchev–Trinajstić information content (AvgIpc) is 0.842. The molecule has 0 aliphatic carbocycles. The summed E-state index contributed by atoms with van der Waals surface area (Å²) in [5, 5.41) is 34.5. The zero-order valence-electron chi connectivity index (χ0n) is 83.1. The quantitative estimate of drug-likeness (QED) is 0.0148. The molecule has 0 aliphatic heterocycles. The van der Waals surface area contributed by atoms with Crippen LogP contribution >= 0.6 is 123 Å². The maximum atomic E-state index is 13.2. The van der Waals surface area contributed by atoms with Crippen molar-refractivity contribution in [3.05, 3.63) is 339 Å². The highest BCUT2D eigenvalue weighted by Crippen LogP contribution is 2.57. The number of hydrogen-bond donors (Lipinski definition) is 0. The second-order valence-electron chi connectivity index (χ2n) is 31.5. The summed E-state index contributed by atoms with van der Waals surface area (Å²) in [6, 6.07) is 72.1. The number of hydrogen-bond acceptors (Lipinski definition) is 27. The van der Waals surface area contributed by atoms with Crippen molar-refractivity contribution in [1.82, 2.24) is 0 Å². The zero-order valence-corrected chi connectivity index (χ0v) is 93.9. The predicted octanol–water partition coefficient (Wildman–Crippen LogP) is 37.1. The maximum absolute atomic E-state index is 13.2. The van der Waals surface area contributed by atoms with Crippen molar-refractivity contribution in [2.24, 2.45) is 0 Å². The lowest BCUT2D eigenvalue weighted by molar-refractivity contribution is -0.385. The first-order valence-corrected chi connectivity index (χ1v) is 61.6. The van der Waals surface area contributed by atoms with E-state index in [1.807, 2.05) is 51.1 Å². The molecular formula is C102H128Cl6N3O27P7. The van der Waals surface area contributed by atoms with Crippen molar-refractivity contribution >= 4 is 140 Å².